The first-order valence-electron chi connectivity index (χ1n) is 5.78. The highest BCUT2D eigenvalue weighted by Crippen LogP contribution is 2.18. The Hall–Kier alpha value is -2.14. The molecule has 2 aromatic heterocycles. The van der Waals surface area contributed by atoms with E-state index in [0.717, 1.165) is 11.4 Å². The largest absolute Gasteiger partial charge is 0.337 e. The van der Waals surface area contributed by atoms with Crippen molar-refractivity contribution in [3.63, 3.8) is 0 Å². The van der Waals surface area contributed by atoms with Crippen LogP contribution >= 0.6 is 11.6 Å². The predicted molar refractivity (Wildman–Crippen MR) is 70.8 cm³/mol. The third-order valence-electron chi connectivity index (χ3n) is 2.80. The monoisotopic (exact) mass is 274 g/mol. The minimum Gasteiger partial charge on any atom is -0.337 e. The zero-order valence-electron chi connectivity index (χ0n) is 10.2. The van der Waals surface area contributed by atoms with Gasteiger partial charge in [0.15, 0.2) is 0 Å². The van der Waals surface area contributed by atoms with E-state index < -0.39 is 0 Å². The summed E-state index contributed by atoms with van der Waals surface area (Å²) in [7, 11) is 0. The molecule has 0 aliphatic rings. The average Bonchev–Trinajstić information content (AvgIpc) is 3.01. The molecule has 0 amide bonds. The van der Waals surface area contributed by atoms with Gasteiger partial charge in [-0.15, -0.1) is 0 Å². The molecule has 0 aliphatic carbocycles. The van der Waals surface area contributed by atoms with Crippen LogP contribution < -0.4 is 0 Å². The lowest BCUT2D eigenvalue weighted by atomic mass is 10.2. The van der Waals surface area contributed by atoms with Crippen molar-refractivity contribution >= 4 is 11.6 Å². The maximum atomic E-state index is 5.84. The van der Waals surface area contributed by atoms with Crippen molar-refractivity contribution in [3.8, 4) is 11.4 Å². The van der Waals surface area contributed by atoms with Crippen molar-refractivity contribution in [2.24, 2.45) is 0 Å². The molecule has 0 saturated carbocycles. The number of benzene rings is 1. The fourth-order valence-electron chi connectivity index (χ4n) is 1.75. The summed E-state index contributed by atoms with van der Waals surface area (Å²) in [5.41, 5.74) is 0.877. The lowest BCUT2D eigenvalue weighted by Gasteiger charge is -1.98. The number of nitrogens with zero attached hydrogens (tertiary/aromatic N) is 4. The Kier molecular flexibility index (Phi) is 3.05. The van der Waals surface area contributed by atoms with Gasteiger partial charge in [-0.05, 0) is 31.2 Å². The number of hydrogen-bond acceptors (Lipinski definition) is 4. The number of imidazole rings is 1. The van der Waals surface area contributed by atoms with Crippen LogP contribution in [0.2, 0.25) is 5.02 Å². The molecule has 3 rings (SSSR count). The zero-order chi connectivity index (χ0) is 13.2. The summed E-state index contributed by atoms with van der Waals surface area (Å²) >= 11 is 5.84. The molecule has 0 bridgehead atoms. The van der Waals surface area contributed by atoms with Crippen LogP contribution in [0, 0.1) is 6.92 Å². The lowest BCUT2D eigenvalue weighted by molar-refractivity contribution is 0.370. The Morgan fingerprint density at radius 3 is 2.74 bits per heavy atom. The molecule has 0 N–H and O–H groups in total. The molecule has 2 heterocycles. The third kappa shape index (κ3) is 2.51. The van der Waals surface area contributed by atoms with Gasteiger partial charge in [-0.1, -0.05) is 16.8 Å². The fourth-order valence-corrected chi connectivity index (χ4v) is 1.88. The minimum atomic E-state index is 0.520. The molecular formula is C13H11ClN4O. The van der Waals surface area contributed by atoms with E-state index in [4.69, 9.17) is 16.1 Å². The molecule has 0 fully saturated rings. The summed E-state index contributed by atoms with van der Waals surface area (Å²) in [5, 5.41) is 4.65. The molecule has 0 aliphatic heterocycles. The molecule has 0 spiro atoms. The van der Waals surface area contributed by atoms with Gasteiger partial charge < -0.3 is 9.09 Å². The molecule has 5 nitrogen and oxygen atoms in total. The summed E-state index contributed by atoms with van der Waals surface area (Å²) in [6.07, 6.45) is 3.62. The van der Waals surface area contributed by atoms with Gasteiger partial charge in [-0.2, -0.15) is 4.98 Å². The first kappa shape index (κ1) is 11.9. The Morgan fingerprint density at radius 1 is 1.26 bits per heavy atom. The van der Waals surface area contributed by atoms with Crippen LogP contribution in [0.4, 0.5) is 0 Å². The number of hydrogen-bond donors (Lipinski definition) is 0. The summed E-state index contributed by atoms with van der Waals surface area (Å²) in [5.74, 6) is 2.02. The van der Waals surface area contributed by atoms with Crippen molar-refractivity contribution in [2.45, 2.75) is 13.5 Å². The Balaban J connectivity index is 1.83. The number of aromatic nitrogens is 4. The Labute approximate surface area is 114 Å². The molecule has 96 valence electrons. The van der Waals surface area contributed by atoms with E-state index in [1.165, 1.54) is 0 Å². The van der Waals surface area contributed by atoms with Crippen LogP contribution in [0.5, 0.6) is 0 Å². The van der Waals surface area contributed by atoms with E-state index in [1.54, 1.807) is 18.3 Å². The van der Waals surface area contributed by atoms with Gasteiger partial charge in [0.25, 0.3) is 0 Å². The highest BCUT2D eigenvalue weighted by Gasteiger charge is 2.09. The second-order valence-corrected chi connectivity index (χ2v) is 4.56. The van der Waals surface area contributed by atoms with Crippen LogP contribution in [0.1, 0.15) is 11.7 Å². The first-order chi connectivity index (χ1) is 9.22. The first-order valence-corrected chi connectivity index (χ1v) is 6.16. The van der Waals surface area contributed by atoms with E-state index in [2.05, 4.69) is 15.1 Å². The minimum absolute atomic E-state index is 0.520. The second kappa shape index (κ2) is 4.85. The number of aryl methyl sites for hydroxylation is 1. The summed E-state index contributed by atoms with van der Waals surface area (Å²) in [4.78, 5) is 8.50. The normalized spacial score (nSPS) is 10.8. The molecule has 19 heavy (non-hydrogen) atoms. The summed E-state index contributed by atoms with van der Waals surface area (Å²) in [6.45, 7) is 2.45. The third-order valence-corrected chi connectivity index (χ3v) is 3.05. The number of halogens is 1. The van der Waals surface area contributed by atoms with Crippen molar-refractivity contribution < 1.29 is 4.52 Å². The summed E-state index contributed by atoms with van der Waals surface area (Å²) < 4.78 is 7.18. The highest BCUT2D eigenvalue weighted by molar-refractivity contribution is 6.30. The molecule has 0 atom stereocenters. The maximum Gasteiger partial charge on any atom is 0.246 e. The molecule has 0 radical (unpaired) electrons. The smallest absolute Gasteiger partial charge is 0.246 e. The standard InChI is InChI=1S/C13H11ClN4O/c1-9-15-6-7-18(9)8-12-16-13(17-19-12)10-2-4-11(14)5-3-10/h2-7H,8H2,1H3. The van der Waals surface area contributed by atoms with Crippen LogP contribution in [0.15, 0.2) is 41.2 Å². The van der Waals surface area contributed by atoms with Gasteiger partial charge in [0.1, 0.15) is 12.4 Å². The molecule has 3 aromatic rings. The van der Waals surface area contributed by atoms with E-state index in [0.29, 0.717) is 23.3 Å². The topological polar surface area (TPSA) is 56.7 Å². The van der Waals surface area contributed by atoms with Crippen molar-refractivity contribution in [1.82, 2.24) is 19.7 Å². The van der Waals surface area contributed by atoms with Crippen LogP contribution in [-0.4, -0.2) is 19.7 Å². The fraction of sp³-hybridized carbons (Fsp3) is 0.154. The van der Waals surface area contributed by atoms with Gasteiger partial charge in [0, 0.05) is 23.0 Å². The van der Waals surface area contributed by atoms with Gasteiger partial charge >= 0.3 is 0 Å². The van der Waals surface area contributed by atoms with Crippen molar-refractivity contribution in [1.29, 1.82) is 0 Å². The molecule has 6 heteroatoms. The van der Waals surface area contributed by atoms with E-state index in [-0.39, 0.29) is 0 Å². The van der Waals surface area contributed by atoms with E-state index >= 15 is 0 Å². The SMILES string of the molecule is Cc1nccn1Cc1nc(-c2ccc(Cl)cc2)no1. The maximum absolute atomic E-state index is 5.84. The quantitative estimate of drug-likeness (QED) is 0.737. The Bertz CT molecular complexity index is 687. The van der Waals surface area contributed by atoms with Gasteiger partial charge in [0.2, 0.25) is 11.7 Å². The molecule has 0 saturated heterocycles. The Morgan fingerprint density at radius 2 is 2.05 bits per heavy atom. The van der Waals surface area contributed by atoms with Gasteiger partial charge in [0.05, 0.1) is 0 Å². The highest BCUT2D eigenvalue weighted by atomic mass is 35.5. The molecule has 0 unspecified atom stereocenters. The second-order valence-electron chi connectivity index (χ2n) is 4.12. The van der Waals surface area contributed by atoms with E-state index in [1.807, 2.05) is 29.8 Å². The lowest BCUT2D eigenvalue weighted by Crippen LogP contribution is -2.00. The van der Waals surface area contributed by atoms with Crippen molar-refractivity contribution in [3.05, 3.63) is 53.4 Å². The molecule has 1 aromatic carbocycles. The summed E-state index contributed by atoms with van der Waals surface area (Å²) in [6, 6.07) is 7.32. The zero-order valence-corrected chi connectivity index (χ0v) is 11.0. The number of rotatable bonds is 3. The van der Waals surface area contributed by atoms with Gasteiger partial charge in [-0.3, -0.25) is 0 Å². The van der Waals surface area contributed by atoms with Crippen LogP contribution in [0.25, 0.3) is 11.4 Å². The van der Waals surface area contributed by atoms with Crippen LogP contribution in [0.3, 0.4) is 0 Å². The molecular weight excluding hydrogens is 264 g/mol. The van der Waals surface area contributed by atoms with Gasteiger partial charge in [-0.25, -0.2) is 4.98 Å². The van der Waals surface area contributed by atoms with E-state index in [9.17, 15) is 0 Å². The average molecular weight is 275 g/mol. The van der Waals surface area contributed by atoms with Crippen molar-refractivity contribution in [2.75, 3.05) is 0 Å². The van der Waals surface area contributed by atoms with Crippen LogP contribution in [-0.2, 0) is 6.54 Å². The predicted octanol–water partition coefficient (Wildman–Crippen LogP) is 2.94.